The SMILES string of the molecule is CCCN(C(=O)Cc1ccccc1)C(C)c1nc2ccccc2c(=O)n1-c1cccc(C)c1. The number of para-hydroxylation sites is 1. The number of amides is 1. The van der Waals surface area contributed by atoms with E-state index in [0.29, 0.717) is 29.7 Å². The number of hydrogen-bond acceptors (Lipinski definition) is 3. The van der Waals surface area contributed by atoms with Crippen LogP contribution < -0.4 is 5.56 Å². The zero-order valence-electron chi connectivity index (χ0n) is 19.4. The van der Waals surface area contributed by atoms with Gasteiger partial charge in [0.05, 0.1) is 29.1 Å². The lowest BCUT2D eigenvalue weighted by Crippen LogP contribution is -2.38. The molecule has 0 aliphatic rings. The van der Waals surface area contributed by atoms with Crippen molar-refractivity contribution in [1.82, 2.24) is 14.5 Å². The first-order chi connectivity index (χ1) is 16.0. The molecule has 3 aromatic carbocycles. The molecule has 5 nitrogen and oxygen atoms in total. The number of benzene rings is 3. The van der Waals surface area contributed by atoms with Crippen molar-refractivity contribution in [3.63, 3.8) is 0 Å². The molecule has 0 fully saturated rings. The van der Waals surface area contributed by atoms with Crippen molar-refractivity contribution in [3.8, 4) is 5.69 Å². The minimum atomic E-state index is -0.376. The molecule has 1 heterocycles. The third-order valence-corrected chi connectivity index (χ3v) is 5.89. The van der Waals surface area contributed by atoms with Crippen molar-refractivity contribution < 1.29 is 4.79 Å². The Labute approximate surface area is 194 Å². The lowest BCUT2D eigenvalue weighted by molar-refractivity contribution is -0.132. The Morgan fingerprint density at radius 2 is 1.73 bits per heavy atom. The first kappa shape index (κ1) is 22.5. The van der Waals surface area contributed by atoms with Gasteiger partial charge in [-0.1, -0.05) is 61.5 Å². The van der Waals surface area contributed by atoms with E-state index in [1.165, 1.54) is 0 Å². The summed E-state index contributed by atoms with van der Waals surface area (Å²) in [6.07, 6.45) is 1.13. The second kappa shape index (κ2) is 9.82. The standard InChI is InChI=1S/C28H29N3O2/c1-4-17-30(26(32)19-22-12-6-5-7-13-22)21(3)27-29-25-16-9-8-15-24(25)28(33)31(27)23-14-10-11-20(2)18-23/h5-16,18,21H,4,17,19H2,1-3H3. The maximum absolute atomic E-state index is 13.6. The van der Waals surface area contributed by atoms with Crippen molar-refractivity contribution in [2.24, 2.45) is 0 Å². The van der Waals surface area contributed by atoms with E-state index < -0.39 is 0 Å². The fraction of sp³-hybridized carbons (Fsp3) is 0.250. The molecular formula is C28H29N3O2. The molecule has 1 amide bonds. The van der Waals surface area contributed by atoms with Crippen LogP contribution in [0.5, 0.6) is 0 Å². The topological polar surface area (TPSA) is 55.2 Å². The third-order valence-electron chi connectivity index (χ3n) is 5.89. The van der Waals surface area contributed by atoms with Crippen LogP contribution in [0.25, 0.3) is 16.6 Å². The number of carbonyl (C=O) groups is 1. The monoisotopic (exact) mass is 439 g/mol. The van der Waals surface area contributed by atoms with Crippen LogP contribution in [0.2, 0.25) is 0 Å². The molecule has 0 aliphatic carbocycles. The first-order valence-electron chi connectivity index (χ1n) is 11.4. The second-order valence-electron chi connectivity index (χ2n) is 8.39. The Balaban J connectivity index is 1.84. The summed E-state index contributed by atoms with van der Waals surface area (Å²) >= 11 is 0. The van der Waals surface area contributed by atoms with Gasteiger partial charge in [-0.25, -0.2) is 4.98 Å². The van der Waals surface area contributed by atoms with Crippen LogP contribution in [0.1, 0.15) is 43.3 Å². The minimum absolute atomic E-state index is 0.0220. The molecule has 0 N–H and O–H groups in total. The molecule has 33 heavy (non-hydrogen) atoms. The molecule has 0 bridgehead atoms. The van der Waals surface area contributed by atoms with Gasteiger partial charge in [0.15, 0.2) is 0 Å². The molecule has 1 aromatic heterocycles. The van der Waals surface area contributed by atoms with Crippen LogP contribution >= 0.6 is 0 Å². The largest absolute Gasteiger partial charge is 0.332 e. The second-order valence-corrected chi connectivity index (χ2v) is 8.39. The quantitative estimate of drug-likeness (QED) is 0.396. The van der Waals surface area contributed by atoms with Crippen LogP contribution in [-0.2, 0) is 11.2 Å². The number of nitrogens with zero attached hydrogens (tertiary/aromatic N) is 3. The lowest BCUT2D eigenvalue weighted by atomic mass is 10.1. The van der Waals surface area contributed by atoms with Crippen molar-refractivity contribution in [1.29, 1.82) is 0 Å². The highest BCUT2D eigenvalue weighted by Gasteiger charge is 2.26. The third kappa shape index (κ3) is 4.72. The van der Waals surface area contributed by atoms with Crippen molar-refractivity contribution in [2.75, 3.05) is 6.54 Å². The van der Waals surface area contributed by atoms with Gasteiger partial charge in [-0.05, 0) is 55.7 Å². The molecular weight excluding hydrogens is 410 g/mol. The van der Waals surface area contributed by atoms with E-state index in [1.807, 2.05) is 91.5 Å². The van der Waals surface area contributed by atoms with Crippen LogP contribution in [-0.4, -0.2) is 26.9 Å². The molecule has 4 aromatic rings. The average Bonchev–Trinajstić information content (AvgIpc) is 2.82. The molecule has 0 spiro atoms. The van der Waals surface area contributed by atoms with E-state index in [2.05, 4.69) is 6.92 Å². The van der Waals surface area contributed by atoms with E-state index in [9.17, 15) is 9.59 Å². The highest BCUT2D eigenvalue weighted by Crippen LogP contribution is 2.24. The van der Waals surface area contributed by atoms with Gasteiger partial charge in [-0.15, -0.1) is 0 Å². The number of hydrogen-bond donors (Lipinski definition) is 0. The number of fused-ring (bicyclic) bond motifs is 1. The Morgan fingerprint density at radius 1 is 1.00 bits per heavy atom. The normalized spacial score (nSPS) is 12.0. The Hall–Kier alpha value is -3.73. The highest BCUT2D eigenvalue weighted by atomic mass is 16.2. The Morgan fingerprint density at radius 3 is 2.45 bits per heavy atom. The van der Waals surface area contributed by atoms with Crippen molar-refractivity contribution in [2.45, 2.75) is 39.7 Å². The van der Waals surface area contributed by atoms with Gasteiger partial charge in [0.2, 0.25) is 5.91 Å². The van der Waals surface area contributed by atoms with Gasteiger partial charge < -0.3 is 4.90 Å². The molecule has 1 unspecified atom stereocenters. The van der Waals surface area contributed by atoms with Crippen LogP contribution in [0, 0.1) is 6.92 Å². The summed E-state index contributed by atoms with van der Waals surface area (Å²) in [5.74, 6) is 0.591. The van der Waals surface area contributed by atoms with Crippen LogP contribution in [0.3, 0.4) is 0 Å². The molecule has 1 atom stereocenters. The molecule has 4 rings (SSSR count). The van der Waals surface area contributed by atoms with E-state index in [1.54, 1.807) is 10.6 Å². The lowest BCUT2D eigenvalue weighted by Gasteiger charge is -2.30. The van der Waals surface area contributed by atoms with E-state index in [4.69, 9.17) is 4.98 Å². The molecule has 0 aliphatic heterocycles. The van der Waals surface area contributed by atoms with E-state index in [-0.39, 0.29) is 17.5 Å². The summed E-state index contributed by atoms with van der Waals surface area (Å²) < 4.78 is 1.67. The fourth-order valence-electron chi connectivity index (χ4n) is 4.23. The van der Waals surface area contributed by atoms with E-state index >= 15 is 0 Å². The van der Waals surface area contributed by atoms with Gasteiger partial charge in [0.1, 0.15) is 5.82 Å². The zero-order valence-corrected chi connectivity index (χ0v) is 19.4. The van der Waals surface area contributed by atoms with Crippen LogP contribution in [0.4, 0.5) is 0 Å². The van der Waals surface area contributed by atoms with Crippen molar-refractivity contribution >= 4 is 16.8 Å². The van der Waals surface area contributed by atoms with E-state index in [0.717, 1.165) is 23.2 Å². The average molecular weight is 440 g/mol. The number of rotatable bonds is 7. The number of aromatic nitrogens is 2. The smallest absolute Gasteiger partial charge is 0.266 e. The number of aryl methyl sites for hydroxylation is 1. The summed E-state index contributed by atoms with van der Waals surface area (Å²) in [6.45, 7) is 6.60. The molecule has 0 saturated heterocycles. The predicted molar refractivity (Wildman–Crippen MR) is 133 cm³/mol. The van der Waals surface area contributed by atoms with Gasteiger partial charge in [-0.3, -0.25) is 14.2 Å². The summed E-state index contributed by atoms with van der Waals surface area (Å²) in [4.78, 5) is 33.8. The molecule has 0 saturated carbocycles. The Kier molecular flexibility index (Phi) is 6.68. The van der Waals surface area contributed by atoms with Gasteiger partial charge in [0.25, 0.3) is 5.56 Å². The summed E-state index contributed by atoms with van der Waals surface area (Å²) in [5, 5.41) is 0.563. The minimum Gasteiger partial charge on any atom is -0.332 e. The van der Waals surface area contributed by atoms with Gasteiger partial charge >= 0.3 is 0 Å². The Bertz CT molecular complexity index is 1330. The maximum atomic E-state index is 13.6. The number of carbonyl (C=O) groups excluding carboxylic acids is 1. The zero-order chi connectivity index (χ0) is 23.4. The van der Waals surface area contributed by atoms with Gasteiger partial charge in [0, 0.05) is 6.54 Å². The summed E-state index contributed by atoms with van der Waals surface area (Å²) in [6, 6.07) is 24.6. The molecule has 0 radical (unpaired) electrons. The van der Waals surface area contributed by atoms with Gasteiger partial charge in [-0.2, -0.15) is 0 Å². The fourth-order valence-corrected chi connectivity index (χ4v) is 4.23. The molecule has 5 heteroatoms. The predicted octanol–water partition coefficient (Wildman–Crippen LogP) is 5.24. The van der Waals surface area contributed by atoms with Crippen molar-refractivity contribution in [3.05, 3.63) is 106 Å². The summed E-state index contributed by atoms with van der Waals surface area (Å²) in [7, 11) is 0. The maximum Gasteiger partial charge on any atom is 0.266 e. The first-order valence-corrected chi connectivity index (χ1v) is 11.4. The molecule has 168 valence electrons. The van der Waals surface area contributed by atoms with Crippen LogP contribution in [0.15, 0.2) is 83.7 Å². The highest BCUT2D eigenvalue weighted by molar-refractivity contribution is 5.80. The summed E-state index contributed by atoms with van der Waals surface area (Å²) in [5.41, 5.74) is 3.29.